The SMILES string of the molecule is CCCC[Si](C)(C)OCc1cncn1Cc1ccccc1C#N. The van der Waals surface area contributed by atoms with Crippen LogP contribution in [0.4, 0.5) is 0 Å². The van der Waals surface area contributed by atoms with E-state index in [9.17, 15) is 5.26 Å². The summed E-state index contributed by atoms with van der Waals surface area (Å²) in [6.45, 7) is 8.01. The van der Waals surface area contributed by atoms with Crippen molar-refractivity contribution in [3.8, 4) is 6.07 Å². The van der Waals surface area contributed by atoms with Crippen LogP contribution in [0.25, 0.3) is 0 Å². The minimum Gasteiger partial charge on any atom is -0.412 e. The lowest BCUT2D eigenvalue weighted by molar-refractivity contribution is 0.284. The number of rotatable bonds is 8. The Hall–Kier alpha value is -1.90. The standard InChI is InChI=1S/C18H25N3OSi/c1-4-5-10-23(2,3)22-14-18-12-20-15-21(18)13-17-9-7-6-8-16(17)11-19/h6-9,12,15H,4-5,10,13-14H2,1-3H3. The van der Waals surface area contributed by atoms with E-state index in [1.807, 2.05) is 36.8 Å². The largest absolute Gasteiger partial charge is 0.412 e. The summed E-state index contributed by atoms with van der Waals surface area (Å²) >= 11 is 0. The second-order valence-electron chi connectivity index (χ2n) is 6.43. The molecule has 0 unspecified atom stereocenters. The molecule has 4 nitrogen and oxygen atoms in total. The van der Waals surface area contributed by atoms with E-state index in [2.05, 4.69) is 35.6 Å². The maximum Gasteiger partial charge on any atom is 0.187 e. The number of nitrogens with zero attached hydrogens (tertiary/aromatic N) is 3. The van der Waals surface area contributed by atoms with Crippen molar-refractivity contribution in [2.24, 2.45) is 0 Å². The summed E-state index contributed by atoms with van der Waals surface area (Å²) < 4.78 is 8.29. The molecule has 2 aromatic rings. The molecule has 0 aliphatic carbocycles. The number of benzene rings is 1. The summed E-state index contributed by atoms with van der Waals surface area (Å²) in [5.74, 6) is 0. The van der Waals surface area contributed by atoms with Crippen LogP contribution in [0, 0.1) is 11.3 Å². The van der Waals surface area contributed by atoms with Gasteiger partial charge in [-0.3, -0.25) is 0 Å². The normalized spacial score (nSPS) is 11.4. The Labute approximate surface area is 139 Å². The van der Waals surface area contributed by atoms with E-state index in [0.717, 1.165) is 11.3 Å². The molecule has 0 aliphatic heterocycles. The zero-order valence-corrected chi connectivity index (χ0v) is 15.2. The van der Waals surface area contributed by atoms with Gasteiger partial charge in [-0.15, -0.1) is 0 Å². The molecule has 0 fully saturated rings. The fourth-order valence-electron chi connectivity index (χ4n) is 2.51. The molecule has 1 heterocycles. The van der Waals surface area contributed by atoms with Gasteiger partial charge in [0.1, 0.15) is 0 Å². The molecule has 0 bridgehead atoms. The third-order valence-electron chi connectivity index (χ3n) is 4.02. The van der Waals surface area contributed by atoms with Crippen LogP contribution in [0.15, 0.2) is 36.8 Å². The molecule has 0 amide bonds. The Balaban J connectivity index is 2.04. The van der Waals surface area contributed by atoms with Crippen LogP contribution in [0.1, 0.15) is 36.6 Å². The highest BCUT2D eigenvalue weighted by molar-refractivity contribution is 6.71. The van der Waals surface area contributed by atoms with Crippen LogP contribution in [-0.4, -0.2) is 17.9 Å². The molecular formula is C18H25N3OSi. The first-order valence-electron chi connectivity index (χ1n) is 8.16. The molecule has 0 spiro atoms. The molecular weight excluding hydrogens is 302 g/mol. The van der Waals surface area contributed by atoms with E-state index < -0.39 is 8.32 Å². The van der Waals surface area contributed by atoms with Crippen LogP contribution in [0.5, 0.6) is 0 Å². The van der Waals surface area contributed by atoms with Gasteiger partial charge in [-0.05, 0) is 30.8 Å². The van der Waals surface area contributed by atoms with Crippen molar-refractivity contribution in [2.75, 3.05) is 0 Å². The molecule has 122 valence electrons. The van der Waals surface area contributed by atoms with E-state index in [-0.39, 0.29) is 0 Å². The minimum absolute atomic E-state index is 0.595. The van der Waals surface area contributed by atoms with Gasteiger partial charge >= 0.3 is 0 Å². The summed E-state index contributed by atoms with van der Waals surface area (Å²) in [4.78, 5) is 4.25. The fraction of sp³-hybridized carbons (Fsp3) is 0.444. The van der Waals surface area contributed by atoms with E-state index in [1.165, 1.54) is 18.9 Å². The number of nitriles is 1. The average molecular weight is 328 g/mol. The molecule has 5 heteroatoms. The van der Waals surface area contributed by atoms with Crippen molar-refractivity contribution in [3.05, 3.63) is 53.6 Å². The number of imidazole rings is 1. The zero-order chi connectivity index (χ0) is 16.7. The van der Waals surface area contributed by atoms with E-state index in [4.69, 9.17) is 4.43 Å². The van der Waals surface area contributed by atoms with Crippen molar-refractivity contribution in [3.63, 3.8) is 0 Å². The van der Waals surface area contributed by atoms with E-state index in [0.29, 0.717) is 18.7 Å². The highest BCUT2D eigenvalue weighted by Crippen LogP contribution is 2.18. The second-order valence-corrected chi connectivity index (χ2v) is 10.7. The molecule has 0 aliphatic rings. The molecule has 0 saturated carbocycles. The Bertz CT molecular complexity index is 673. The lowest BCUT2D eigenvalue weighted by atomic mass is 10.1. The Morgan fingerprint density at radius 2 is 2.09 bits per heavy atom. The third kappa shape index (κ3) is 5.05. The number of aromatic nitrogens is 2. The molecule has 0 atom stereocenters. The molecule has 0 saturated heterocycles. The summed E-state index contributed by atoms with van der Waals surface area (Å²) in [5.41, 5.74) is 2.79. The maximum absolute atomic E-state index is 9.21. The van der Waals surface area contributed by atoms with Crippen LogP contribution >= 0.6 is 0 Å². The van der Waals surface area contributed by atoms with Crippen molar-refractivity contribution >= 4 is 8.32 Å². The molecule has 0 radical (unpaired) electrons. The first-order valence-corrected chi connectivity index (χ1v) is 11.3. The van der Waals surface area contributed by atoms with Gasteiger partial charge in [-0.25, -0.2) is 4.98 Å². The monoisotopic (exact) mass is 327 g/mol. The number of hydrogen-bond acceptors (Lipinski definition) is 3. The van der Waals surface area contributed by atoms with Gasteiger partial charge in [0.15, 0.2) is 8.32 Å². The van der Waals surface area contributed by atoms with E-state index >= 15 is 0 Å². The highest BCUT2D eigenvalue weighted by Gasteiger charge is 2.22. The van der Waals surface area contributed by atoms with Gasteiger partial charge in [0.25, 0.3) is 0 Å². The van der Waals surface area contributed by atoms with Gasteiger partial charge in [0.2, 0.25) is 0 Å². The lowest BCUT2D eigenvalue weighted by Crippen LogP contribution is -2.30. The smallest absolute Gasteiger partial charge is 0.187 e. The zero-order valence-electron chi connectivity index (χ0n) is 14.2. The Kier molecular flexibility index (Phi) is 6.14. The molecule has 1 aromatic carbocycles. The van der Waals surface area contributed by atoms with Crippen LogP contribution in [0.2, 0.25) is 19.1 Å². The highest BCUT2D eigenvalue weighted by atomic mass is 28.4. The lowest BCUT2D eigenvalue weighted by Gasteiger charge is -2.23. The average Bonchev–Trinajstić information content (AvgIpc) is 2.99. The first-order chi connectivity index (χ1) is 11.1. The van der Waals surface area contributed by atoms with Gasteiger partial charge in [0.05, 0.1) is 43.0 Å². The summed E-state index contributed by atoms with van der Waals surface area (Å²) in [7, 11) is -1.61. The topological polar surface area (TPSA) is 50.8 Å². The molecule has 2 rings (SSSR count). The van der Waals surface area contributed by atoms with Crippen molar-refractivity contribution < 1.29 is 4.43 Å². The predicted octanol–water partition coefficient (Wildman–Crippen LogP) is 4.32. The molecule has 23 heavy (non-hydrogen) atoms. The number of hydrogen-bond donors (Lipinski definition) is 0. The van der Waals surface area contributed by atoms with Crippen LogP contribution < -0.4 is 0 Å². The van der Waals surface area contributed by atoms with Gasteiger partial charge in [-0.1, -0.05) is 38.0 Å². The van der Waals surface area contributed by atoms with Gasteiger partial charge in [-0.2, -0.15) is 5.26 Å². The van der Waals surface area contributed by atoms with Crippen molar-refractivity contribution in [1.82, 2.24) is 9.55 Å². The third-order valence-corrected chi connectivity index (χ3v) is 6.50. The minimum atomic E-state index is -1.61. The van der Waals surface area contributed by atoms with Gasteiger partial charge < -0.3 is 8.99 Å². The summed E-state index contributed by atoms with van der Waals surface area (Å²) in [6.07, 6.45) is 6.11. The summed E-state index contributed by atoms with van der Waals surface area (Å²) in [5, 5.41) is 9.21. The first kappa shape index (κ1) is 17.5. The van der Waals surface area contributed by atoms with Crippen molar-refractivity contribution in [2.45, 2.75) is 52.1 Å². The molecule has 1 aromatic heterocycles. The predicted molar refractivity (Wildman–Crippen MR) is 94.5 cm³/mol. The van der Waals surface area contributed by atoms with Crippen LogP contribution in [0.3, 0.4) is 0 Å². The quantitative estimate of drug-likeness (QED) is 0.678. The maximum atomic E-state index is 9.21. The fourth-order valence-corrected chi connectivity index (χ4v) is 4.39. The van der Waals surface area contributed by atoms with E-state index in [1.54, 1.807) is 0 Å². The van der Waals surface area contributed by atoms with Crippen LogP contribution in [-0.2, 0) is 17.6 Å². The Morgan fingerprint density at radius 3 is 2.83 bits per heavy atom. The Morgan fingerprint density at radius 1 is 1.30 bits per heavy atom. The summed E-state index contributed by atoms with van der Waals surface area (Å²) in [6, 6.07) is 11.1. The molecule has 0 N–H and O–H groups in total. The number of unbranched alkanes of at least 4 members (excludes halogenated alkanes) is 1. The van der Waals surface area contributed by atoms with Gasteiger partial charge in [0, 0.05) is 0 Å². The van der Waals surface area contributed by atoms with Crippen molar-refractivity contribution in [1.29, 1.82) is 5.26 Å². The second kappa shape index (κ2) is 8.09.